The fourth-order valence-electron chi connectivity index (χ4n) is 1.97. The number of thiophene rings is 1. The molecule has 1 aromatic rings. The minimum absolute atomic E-state index is 0.0901. The minimum atomic E-state index is 0.0901. The first-order chi connectivity index (χ1) is 8.20. The molecule has 3 nitrogen and oxygen atoms in total. The van der Waals surface area contributed by atoms with E-state index in [0.717, 1.165) is 37.4 Å². The van der Waals surface area contributed by atoms with Crippen molar-refractivity contribution >= 4 is 17.2 Å². The Morgan fingerprint density at radius 1 is 1.59 bits per heavy atom. The predicted molar refractivity (Wildman–Crippen MR) is 71.7 cm³/mol. The number of nitrogens with one attached hydrogen (secondary N) is 2. The van der Waals surface area contributed by atoms with Gasteiger partial charge >= 0.3 is 0 Å². The normalized spacial score (nSPS) is 15.6. The first kappa shape index (κ1) is 12.6. The van der Waals surface area contributed by atoms with Crippen LogP contribution in [0.1, 0.15) is 33.5 Å². The van der Waals surface area contributed by atoms with Crippen LogP contribution in [0.5, 0.6) is 0 Å². The lowest BCUT2D eigenvalue weighted by molar-refractivity contribution is 0.0946. The summed E-state index contributed by atoms with van der Waals surface area (Å²) in [6.07, 6.45) is 2.20. The standard InChI is InChI=1S/C13H20N2OS/c1-3-4-11-5-12(17-9(11)2)13(16)15-8-10-6-14-7-10/h5,10,14H,3-4,6-8H2,1-2H3,(H,15,16). The third kappa shape index (κ3) is 3.07. The molecule has 0 aliphatic carbocycles. The van der Waals surface area contributed by atoms with Crippen LogP contribution in [0.4, 0.5) is 0 Å². The molecule has 1 fully saturated rings. The van der Waals surface area contributed by atoms with Crippen molar-refractivity contribution in [1.82, 2.24) is 10.6 Å². The molecule has 0 atom stereocenters. The van der Waals surface area contributed by atoms with Crippen molar-refractivity contribution in [3.63, 3.8) is 0 Å². The molecule has 0 aromatic carbocycles. The maximum atomic E-state index is 11.9. The summed E-state index contributed by atoms with van der Waals surface area (Å²) in [5.74, 6) is 0.711. The zero-order valence-electron chi connectivity index (χ0n) is 10.5. The third-order valence-corrected chi connectivity index (χ3v) is 4.27. The van der Waals surface area contributed by atoms with Gasteiger partial charge in [-0.1, -0.05) is 13.3 Å². The van der Waals surface area contributed by atoms with E-state index in [-0.39, 0.29) is 5.91 Å². The molecule has 0 saturated carbocycles. The molecule has 1 aliphatic heterocycles. The molecular formula is C13H20N2OS. The smallest absolute Gasteiger partial charge is 0.261 e. The van der Waals surface area contributed by atoms with Crippen LogP contribution in [0.3, 0.4) is 0 Å². The summed E-state index contributed by atoms with van der Waals surface area (Å²) in [4.78, 5) is 14.1. The summed E-state index contributed by atoms with van der Waals surface area (Å²) in [6, 6.07) is 2.05. The second-order valence-electron chi connectivity index (χ2n) is 4.68. The second-order valence-corrected chi connectivity index (χ2v) is 5.93. The Kier molecular flexibility index (Phi) is 4.18. The Labute approximate surface area is 107 Å². The van der Waals surface area contributed by atoms with Gasteiger partial charge in [-0.3, -0.25) is 4.79 Å². The average molecular weight is 252 g/mol. The Morgan fingerprint density at radius 3 is 2.94 bits per heavy atom. The lowest BCUT2D eigenvalue weighted by atomic mass is 10.0. The molecule has 0 unspecified atom stereocenters. The molecule has 1 saturated heterocycles. The monoisotopic (exact) mass is 252 g/mol. The largest absolute Gasteiger partial charge is 0.351 e. The van der Waals surface area contributed by atoms with Gasteiger partial charge in [0.25, 0.3) is 5.91 Å². The summed E-state index contributed by atoms with van der Waals surface area (Å²) in [5, 5.41) is 6.22. The van der Waals surface area contributed by atoms with E-state index in [1.165, 1.54) is 10.4 Å². The Hall–Kier alpha value is -0.870. The highest BCUT2D eigenvalue weighted by atomic mass is 32.1. The highest BCUT2D eigenvalue weighted by molar-refractivity contribution is 7.14. The van der Waals surface area contributed by atoms with Crippen LogP contribution in [0.2, 0.25) is 0 Å². The zero-order valence-corrected chi connectivity index (χ0v) is 11.3. The number of hydrogen-bond acceptors (Lipinski definition) is 3. The van der Waals surface area contributed by atoms with Gasteiger partial charge in [0.15, 0.2) is 0 Å². The lowest BCUT2D eigenvalue weighted by Gasteiger charge is -2.26. The molecule has 2 N–H and O–H groups in total. The summed E-state index contributed by atoms with van der Waals surface area (Å²) in [6.45, 7) is 7.13. The van der Waals surface area contributed by atoms with E-state index < -0.39 is 0 Å². The number of carbonyl (C=O) groups is 1. The number of aryl methyl sites for hydroxylation is 2. The van der Waals surface area contributed by atoms with Gasteiger partial charge in [-0.15, -0.1) is 11.3 Å². The fraction of sp³-hybridized carbons (Fsp3) is 0.615. The first-order valence-corrected chi connectivity index (χ1v) is 7.10. The van der Waals surface area contributed by atoms with Crippen LogP contribution >= 0.6 is 11.3 Å². The molecule has 4 heteroatoms. The second kappa shape index (κ2) is 5.65. The van der Waals surface area contributed by atoms with Crippen LogP contribution < -0.4 is 10.6 Å². The SMILES string of the molecule is CCCc1cc(C(=O)NCC2CNC2)sc1C. The van der Waals surface area contributed by atoms with Crippen LogP contribution in [-0.2, 0) is 6.42 Å². The number of amides is 1. The number of hydrogen-bond donors (Lipinski definition) is 2. The van der Waals surface area contributed by atoms with E-state index in [4.69, 9.17) is 0 Å². The molecule has 0 spiro atoms. The van der Waals surface area contributed by atoms with Gasteiger partial charge < -0.3 is 10.6 Å². The van der Waals surface area contributed by atoms with Crippen LogP contribution in [-0.4, -0.2) is 25.5 Å². The van der Waals surface area contributed by atoms with Gasteiger partial charge in [0.05, 0.1) is 4.88 Å². The van der Waals surface area contributed by atoms with Crippen LogP contribution in [0.25, 0.3) is 0 Å². The average Bonchev–Trinajstić information content (AvgIpc) is 2.59. The summed E-state index contributed by atoms with van der Waals surface area (Å²) < 4.78 is 0. The molecule has 1 aromatic heterocycles. The molecular weight excluding hydrogens is 232 g/mol. The molecule has 0 radical (unpaired) electrons. The van der Waals surface area contributed by atoms with Crippen molar-refractivity contribution in [2.75, 3.05) is 19.6 Å². The highest BCUT2D eigenvalue weighted by Gasteiger charge is 2.18. The van der Waals surface area contributed by atoms with Gasteiger partial charge in [0.2, 0.25) is 0 Å². The lowest BCUT2D eigenvalue weighted by Crippen LogP contribution is -2.48. The quantitative estimate of drug-likeness (QED) is 0.841. The zero-order chi connectivity index (χ0) is 12.3. The maximum Gasteiger partial charge on any atom is 0.261 e. The number of carbonyl (C=O) groups excluding carboxylic acids is 1. The van der Waals surface area contributed by atoms with E-state index in [1.54, 1.807) is 11.3 Å². The molecule has 94 valence electrons. The van der Waals surface area contributed by atoms with Gasteiger partial charge in [-0.05, 0) is 25.0 Å². The molecule has 1 amide bonds. The summed E-state index contributed by atoms with van der Waals surface area (Å²) >= 11 is 1.61. The van der Waals surface area contributed by atoms with Gasteiger partial charge in [0, 0.05) is 30.4 Å². The fourth-order valence-corrected chi connectivity index (χ4v) is 2.95. The summed E-state index contributed by atoms with van der Waals surface area (Å²) in [5.41, 5.74) is 1.33. The van der Waals surface area contributed by atoms with Crippen LogP contribution in [0.15, 0.2) is 6.07 Å². The molecule has 17 heavy (non-hydrogen) atoms. The Morgan fingerprint density at radius 2 is 2.35 bits per heavy atom. The minimum Gasteiger partial charge on any atom is -0.351 e. The van der Waals surface area contributed by atoms with Crippen molar-refractivity contribution in [2.24, 2.45) is 5.92 Å². The van der Waals surface area contributed by atoms with E-state index in [1.807, 2.05) is 0 Å². The highest BCUT2D eigenvalue weighted by Crippen LogP contribution is 2.22. The van der Waals surface area contributed by atoms with E-state index in [9.17, 15) is 4.79 Å². The Balaban J connectivity index is 1.91. The third-order valence-electron chi connectivity index (χ3n) is 3.18. The van der Waals surface area contributed by atoms with Crippen molar-refractivity contribution in [3.8, 4) is 0 Å². The van der Waals surface area contributed by atoms with Crippen molar-refractivity contribution in [3.05, 3.63) is 21.4 Å². The van der Waals surface area contributed by atoms with E-state index in [0.29, 0.717) is 5.92 Å². The number of rotatable bonds is 5. The molecule has 2 rings (SSSR count). The molecule has 1 aliphatic rings. The first-order valence-electron chi connectivity index (χ1n) is 6.29. The van der Waals surface area contributed by atoms with Crippen molar-refractivity contribution in [1.29, 1.82) is 0 Å². The predicted octanol–water partition coefficient (Wildman–Crippen LogP) is 1.96. The van der Waals surface area contributed by atoms with E-state index in [2.05, 4.69) is 30.5 Å². The van der Waals surface area contributed by atoms with Crippen molar-refractivity contribution < 1.29 is 4.79 Å². The Bertz CT molecular complexity index is 396. The molecule has 0 bridgehead atoms. The van der Waals surface area contributed by atoms with Gasteiger partial charge in [0.1, 0.15) is 0 Å². The van der Waals surface area contributed by atoms with Crippen LogP contribution in [0, 0.1) is 12.8 Å². The maximum absolute atomic E-state index is 11.9. The van der Waals surface area contributed by atoms with Gasteiger partial charge in [-0.2, -0.15) is 0 Å². The van der Waals surface area contributed by atoms with Gasteiger partial charge in [-0.25, -0.2) is 0 Å². The molecule has 2 heterocycles. The topological polar surface area (TPSA) is 41.1 Å². The summed E-state index contributed by atoms with van der Waals surface area (Å²) in [7, 11) is 0. The van der Waals surface area contributed by atoms with Crippen molar-refractivity contribution in [2.45, 2.75) is 26.7 Å². The van der Waals surface area contributed by atoms with E-state index >= 15 is 0 Å².